The second-order valence-corrected chi connectivity index (χ2v) is 9.25. The van der Waals surface area contributed by atoms with Crippen LogP contribution < -0.4 is 5.32 Å². The van der Waals surface area contributed by atoms with Gasteiger partial charge in [-0.2, -0.15) is 0 Å². The molecule has 6 heteroatoms. The molecule has 0 aliphatic rings. The van der Waals surface area contributed by atoms with Crippen LogP contribution in [-0.2, 0) is 13.6 Å². The summed E-state index contributed by atoms with van der Waals surface area (Å²) in [5, 5.41) is 3.33. The highest BCUT2D eigenvalue weighted by Crippen LogP contribution is 2.60. The van der Waals surface area contributed by atoms with Gasteiger partial charge in [-0.25, -0.2) is 4.39 Å². The summed E-state index contributed by atoms with van der Waals surface area (Å²) < 4.78 is 40.3. The molecule has 0 aliphatic carbocycles. The molecule has 0 aliphatic heterocycles. The van der Waals surface area contributed by atoms with Gasteiger partial charge < -0.3 is 9.05 Å². The van der Waals surface area contributed by atoms with E-state index in [0.717, 1.165) is 31.2 Å². The molecule has 2 aromatic rings. The second-order valence-electron chi connectivity index (χ2n) is 7.14. The number of nitrogens with one attached hydrogen (secondary N) is 1. The molecule has 2 aromatic carbocycles. The van der Waals surface area contributed by atoms with Crippen LogP contribution in [-0.4, -0.2) is 13.2 Å². The van der Waals surface area contributed by atoms with Crippen molar-refractivity contribution in [2.75, 3.05) is 13.2 Å². The lowest BCUT2D eigenvalue weighted by molar-refractivity contribution is 0.186. The predicted octanol–water partition coefficient (Wildman–Crippen LogP) is 7.00. The van der Waals surface area contributed by atoms with Crippen LogP contribution in [0.3, 0.4) is 0 Å². The molecule has 0 aromatic heterocycles. The summed E-state index contributed by atoms with van der Waals surface area (Å²) in [7, 11) is -3.66. The Labute approximate surface area is 174 Å². The molecule has 1 unspecified atom stereocenters. The van der Waals surface area contributed by atoms with E-state index in [4.69, 9.17) is 9.05 Å². The minimum Gasteiger partial charge on any atom is -0.307 e. The number of unbranched alkanes of at least 4 members (excludes halogenated alkanes) is 2. The number of hydrogen-bond donors (Lipinski definition) is 1. The molecule has 0 heterocycles. The van der Waals surface area contributed by atoms with Crippen molar-refractivity contribution in [3.05, 3.63) is 71.5 Å². The molecular formula is C23H33FNO3P. The van der Waals surface area contributed by atoms with Crippen LogP contribution in [0.25, 0.3) is 0 Å². The zero-order valence-electron chi connectivity index (χ0n) is 17.6. The third-order valence-corrected chi connectivity index (χ3v) is 6.91. The Kier molecular flexibility index (Phi) is 10.0. The Hall–Kier alpha value is -1.52. The highest BCUT2D eigenvalue weighted by atomic mass is 31.2. The third kappa shape index (κ3) is 7.04. The molecule has 1 N–H and O–H groups in total. The molecule has 0 bridgehead atoms. The summed E-state index contributed by atoms with van der Waals surface area (Å²) in [5.41, 5.74) is 1.31. The minimum absolute atomic E-state index is 0.168. The molecule has 0 fully saturated rings. The molecule has 0 radical (unpaired) electrons. The topological polar surface area (TPSA) is 47.6 Å². The van der Waals surface area contributed by atoms with Crippen LogP contribution in [0.15, 0.2) is 54.6 Å². The molecule has 2 atom stereocenters. The Morgan fingerprint density at radius 3 is 2.03 bits per heavy atom. The smallest absolute Gasteiger partial charge is 0.307 e. The zero-order chi connectivity index (χ0) is 21.1. The highest BCUT2D eigenvalue weighted by molar-refractivity contribution is 7.54. The van der Waals surface area contributed by atoms with Crippen LogP contribution in [0.5, 0.6) is 0 Å². The van der Waals surface area contributed by atoms with Crippen molar-refractivity contribution < 1.29 is 18.0 Å². The van der Waals surface area contributed by atoms with Crippen LogP contribution in [0, 0.1) is 5.82 Å². The number of benzene rings is 2. The van der Waals surface area contributed by atoms with Crippen molar-refractivity contribution in [1.29, 1.82) is 0 Å². The van der Waals surface area contributed by atoms with Crippen molar-refractivity contribution in [2.24, 2.45) is 0 Å². The normalized spacial score (nSPS) is 13.9. The van der Waals surface area contributed by atoms with E-state index in [2.05, 4.69) is 5.32 Å². The number of halogens is 1. The summed E-state index contributed by atoms with van der Waals surface area (Å²) >= 11 is 0. The average Bonchev–Trinajstić information content (AvgIpc) is 2.73. The molecular weight excluding hydrogens is 388 g/mol. The van der Waals surface area contributed by atoms with Crippen molar-refractivity contribution in [1.82, 2.24) is 5.32 Å². The largest absolute Gasteiger partial charge is 0.352 e. The van der Waals surface area contributed by atoms with Gasteiger partial charge >= 0.3 is 7.60 Å². The average molecular weight is 421 g/mol. The van der Waals surface area contributed by atoms with Gasteiger partial charge in [0.25, 0.3) is 0 Å². The highest BCUT2D eigenvalue weighted by Gasteiger charge is 2.39. The van der Waals surface area contributed by atoms with E-state index in [1.807, 2.05) is 51.1 Å². The molecule has 0 amide bonds. The van der Waals surface area contributed by atoms with E-state index in [-0.39, 0.29) is 6.04 Å². The van der Waals surface area contributed by atoms with Crippen LogP contribution in [0.1, 0.15) is 69.4 Å². The third-order valence-electron chi connectivity index (χ3n) is 4.76. The van der Waals surface area contributed by atoms with Gasteiger partial charge in [0.1, 0.15) is 11.6 Å². The van der Waals surface area contributed by atoms with Crippen LogP contribution in [0.4, 0.5) is 4.39 Å². The predicted molar refractivity (Wildman–Crippen MR) is 116 cm³/mol. The maximum Gasteiger partial charge on any atom is 0.352 e. The van der Waals surface area contributed by atoms with Gasteiger partial charge in [-0.05, 0) is 31.4 Å². The Morgan fingerprint density at radius 1 is 0.931 bits per heavy atom. The van der Waals surface area contributed by atoms with E-state index in [0.29, 0.717) is 18.8 Å². The molecule has 2 rings (SSSR count). The van der Waals surface area contributed by atoms with Gasteiger partial charge in [0.2, 0.25) is 0 Å². The first-order valence-electron chi connectivity index (χ1n) is 10.5. The lowest BCUT2D eigenvalue weighted by Crippen LogP contribution is -2.27. The van der Waals surface area contributed by atoms with Crippen molar-refractivity contribution in [2.45, 2.75) is 58.3 Å². The number of rotatable bonds is 13. The minimum atomic E-state index is -3.66. The van der Waals surface area contributed by atoms with E-state index >= 15 is 0 Å². The Balaban J connectivity index is 2.38. The van der Waals surface area contributed by atoms with Gasteiger partial charge in [0.05, 0.1) is 13.2 Å². The van der Waals surface area contributed by atoms with Crippen LogP contribution >= 0.6 is 7.60 Å². The lowest BCUT2D eigenvalue weighted by atomic mass is 10.1. The Bertz CT molecular complexity index is 758. The standard InChI is InChI=1S/C23H33FNO3P/c1-4-6-17-27-29(26,28-18-7-5-2)23(21-15-11-12-16-22(21)24)25-19(3)20-13-9-8-10-14-20/h8-16,19,23,25H,4-7,17-18H2,1-3H3/t19-,23?/m0/s1. The van der Waals surface area contributed by atoms with Crippen molar-refractivity contribution in [3.63, 3.8) is 0 Å². The summed E-state index contributed by atoms with van der Waals surface area (Å²) in [6.45, 7) is 6.66. The van der Waals surface area contributed by atoms with Gasteiger partial charge in [-0.15, -0.1) is 0 Å². The van der Waals surface area contributed by atoms with Crippen LogP contribution in [0.2, 0.25) is 0 Å². The molecule has 29 heavy (non-hydrogen) atoms. The van der Waals surface area contributed by atoms with Gasteiger partial charge in [-0.3, -0.25) is 9.88 Å². The number of hydrogen-bond acceptors (Lipinski definition) is 4. The molecule has 160 valence electrons. The molecule has 0 spiro atoms. The maximum atomic E-state index is 14.7. The van der Waals surface area contributed by atoms with E-state index < -0.39 is 19.2 Å². The Morgan fingerprint density at radius 2 is 1.48 bits per heavy atom. The van der Waals surface area contributed by atoms with E-state index in [1.54, 1.807) is 18.2 Å². The quantitative estimate of drug-likeness (QED) is 0.279. The molecule has 0 saturated carbocycles. The second kappa shape index (κ2) is 12.2. The fourth-order valence-corrected chi connectivity index (χ4v) is 5.08. The van der Waals surface area contributed by atoms with Gasteiger partial charge in [0.15, 0.2) is 0 Å². The van der Waals surface area contributed by atoms with Gasteiger partial charge in [0, 0.05) is 11.6 Å². The van der Waals surface area contributed by atoms with Crippen molar-refractivity contribution >= 4 is 7.60 Å². The van der Waals surface area contributed by atoms with Crippen molar-refractivity contribution in [3.8, 4) is 0 Å². The first kappa shape index (κ1) is 23.8. The summed E-state index contributed by atoms with van der Waals surface area (Å²) in [6, 6.07) is 16.0. The maximum absolute atomic E-state index is 14.7. The van der Waals surface area contributed by atoms with E-state index in [1.165, 1.54) is 6.07 Å². The summed E-state index contributed by atoms with van der Waals surface area (Å²) in [4.78, 5) is 0. The SMILES string of the molecule is CCCCOP(=O)(OCCCC)C(N[C@@H](C)c1ccccc1)c1ccccc1F. The van der Waals surface area contributed by atoms with Gasteiger partial charge in [-0.1, -0.05) is 75.2 Å². The molecule has 4 nitrogen and oxygen atoms in total. The first-order chi connectivity index (χ1) is 14.0. The van der Waals surface area contributed by atoms with E-state index in [9.17, 15) is 8.96 Å². The lowest BCUT2D eigenvalue weighted by Gasteiger charge is -2.31. The fourth-order valence-electron chi connectivity index (χ4n) is 2.98. The first-order valence-corrected chi connectivity index (χ1v) is 12.1. The fraction of sp³-hybridized carbons (Fsp3) is 0.478. The summed E-state index contributed by atoms with van der Waals surface area (Å²) in [5.74, 6) is -1.32. The summed E-state index contributed by atoms with van der Waals surface area (Å²) in [6.07, 6.45) is 3.35. The molecule has 0 saturated heterocycles. The zero-order valence-corrected chi connectivity index (χ0v) is 18.5. The monoisotopic (exact) mass is 421 g/mol.